The maximum absolute atomic E-state index is 12.5. The third kappa shape index (κ3) is 49.9. The molecular weight excluding hydrogens is 779 g/mol. The predicted octanol–water partition coefficient (Wildman–Crippen LogP) is 17.3. The molecule has 2 unspecified atom stereocenters. The zero-order valence-corrected chi connectivity index (χ0v) is 42.6. The number of hydrogen-bond acceptors (Lipinski definition) is 5. The molecule has 0 aliphatic heterocycles. The molecule has 374 valence electrons. The minimum atomic E-state index is -0.845. The first-order valence-electron chi connectivity index (χ1n) is 28.5. The van der Waals surface area contributed by atoms with Crippen molar-refractivity contribution in [2.75, 3.05) is 13.2 Å². The van der Waals surface area contributed by atoms with Gasteiger partial charge in [0.25, 0.3) is 0 Å². The van der Waals surface area contributed by atoms with Crippen LogP contribution in [-0.2, 0) is 14.3 Å². The van der Waals surface area contributed by atoms with Gasteiger partial charge in [0.05, 0.1) is 25.4 Å². The van der Waals surface area contributed by atoms with E-state index in [1.54, 1.807) is 6.08 Å². The number of unbranched alkanes of at least 4 members (excludes halogenated alkanes) is 42. The van der Waals surface area contributed by atoms with Gasteiger partial charge in [-0.1, -0.05) is 283 Å². The van der Waals surface area contributed by atoms with Gasteiger partial charge in [0.2, 0.25) is 5.91 Å². The van der Waals surface area contributed by atoms with Crippen molar-refractivity contribution in [3.63, 3.8) is 0 Å². The summed E-state index contributed by atoms with van der Waals surface area (Å²) in [5.74, 6) is -0.0604. The van der Waals surface area contributed by atoms with Crippen molar-refractivity contribution < 1.29 is 24.5 Å². The van der Waals surface area contributed by atoms with Crippen LogP contribution in [-0.4, -0.2) is 47.4 Å². The number of ether oxygens (including phenoxy) is 1. The molecule has 0 aromatic heterocycles. The molecule has 0 saturated heterocycles. The highest BCUT2D eigenvalue weighted by atomic mass is 16.5. The zero-order chi connectivity index (χ0) is 45.8. The van der Waals surface area contributed by atoms with Crippen LogP contribution >= 0.6 is 0 Å². The lowest BCUT2D eigenvalue weighted by Crippen LogP contribution is -2.45. The fraction of sp³-hybridized carbons (Fsp3) is 0.930. The second-order valence-corrected chi connectivity index (χ2v) is 19.6. The van der Waals surface area contributed by atoms with Gasteiger partial charge in [-0.15, -0.1) is 0 Å². The summed E-state index contributed by atoms with van der Waals surface area (Å²) >= 11 is 0. The van der Waals surface area contributed by atoms with Crippen LogP contribution in [0.4, 0.5) is 0 Å². The maximum atomic E-state index is 12.5. The number of amides is 1. The normalized spacial score (nSPS) is 12.6. The number of rotatable bonds is 53. The number of allylic oxidation sites excluding steroid dienone is 1. The van der Waals surface area contributed by atoms with E-state index in [2.05, 4.69) is 19.2 Å². The number of hydrogen-bond donors (Lipinski definition) is 3. The Morgan fingerprint density at radius 2 is 0.730 bits per heavy atom. The van der Waals surface area contributed by atoms with Gasteiger partial charge in [0, 0.05) is 12.8 Å². The average molecular weight is 891 g/mol. The van der Waals surface area contributed by atoms with Crippen LogP contribution in [0, 0.1) is 0 Å². The van der Waals surface area contributed by atoms with Crippen molar-refractivity contribution in [2.24, 2.45) is 0 Å². The molecule has 0 spiro atoms. The van der Waals surface area contributed by atoms with E-state index in [1.165, 1.54) is 250 Å². The van der Waals surface area contributed by atoms with Gasteiger partial charge in [0.1, 0.15) is 0 Å². The van der Waals surface area contributed by atoms with Crippen LogP contribution in [0.3, 0.4) is 0 Å². The van der Waals surface area contributed by atoms with Gasteiger partial charge in [0.15, 0.2) is 0 Å². The lowest BCUT2D eigenvalue weighted by molar-refractivity contribution is -0.143. The Hall–Kier alpha value is -1.40. The Bertz CT molecular complexity index is 939. The molecule has 6 heteroatoms. The van der Waals surface area contributed by atoms with E-state index in [1.807, 2.05) is 6.08 Å². The quantitative estimate of drug-likeness (QED) is 0.0321. The summed E-state index contributed by atoms with van der Waals surface area (Å²) in [6.07, 6.45) is 62.3. The SMILES string of the molecule is CCCCCCCCCCCCCCCC/C=C/C(O)C(CO)NC(=O)CCCCCCCCCCCCCCCCCCCCCOC(=O)CCCCCCCCCCCCC. The number of aliphatic hydroxyl groups is 2. The highest BCUT2D eigenvalue weighted by Crippen LogP contribution is 2.17. The van der Waals surface area contributed by atoms with E-state index in [0.717, 1.165) is 38.5 Å². The molecule has 0 rings (SSSR count). The highest BCUT2D eigenvalue weighted by Gasteiger charge is 2.18. The Morgan fingerprint density at radius 1 is 0.429 bits per heavy atom. The summed E-state index contributed by atoms with van der Waals surface area (Å²) in [6, 6.07) is -0.629. The molecule has 0 aromatic carbocycles. The van der Waals surface area contributed by atoms with Gasteiger partial charge in [-0.3, -0.25) is 9.59 Å². The average Bonchev–Trinajstić information content (AvgIpc) is 3.28. The molecule has 0 fully saturated rings. The fourth-order valence-corrected chi connectivity index (χ4v) is 8.93. The molecule has 0 aromatic rings. The number of carbonyl (C=O) groups excluding carboxylic acids is 2. The topological polar surface area (TPSA) is 95.9 Å². The lowest BCUT2D eigenvalue weighted by atomic mass is 10.0. The molecular formula is C57H111NO5. The first kappa shape index (κ1) is 61.6. The number of aliphatic hydroxyl groups excluding tert-OH is 2. The summed E-state index contributed by atoms with van der Waals surface area (Å²) in [6.45, 7) is 4.91. The molecule has 0 saturated carbocycles. The molecule has 0 bridgehead atoms. The smallest absolute Gasteiger partial charge is 0.305 e. The van der Waals surface area contributed by atoms with E-state index < -0.39 is 12.1 Å². The Balaban J connectivity index is 3.43. The number of carbonyl (C=O) groups is 2. The van der Waals surface area contributed by atoms with Crippen LogP contribution in [0.5, 0.6) is 0 Å². The molecule has 1 amide bonds. The minimum Gasteiger partial charge on any atom is -0.466 e. The second-order valence-electron chi connectivity index (χ2n) is 19.6. The molecule has 63 heavy (non-hydrogen) atoms. The zero-order valence-electron chi connectivity index (χ0n) is 42.6. The summed E-state index contributed by atoms with van der Waals surface area (Å²) in [4.78, 5) is 24.4. The Labute approximate surface area is 393 Å². The molecule has 2 atom stereocenters. The second kappa shape index (κ2) is 53.2. The standard InChI is InChI=1S/C57H111NO5/c1-3-5-7-9-11-13-15-16-17-23-26-30-33-37-41-45-49-55(60)54(53-59)58-56(61)50-46-42-38-34-31-27-24-21-19-18-20-22-25-28-32-36-40-44-48-52-63-57(62)51-47-43-39-35-29-14-12-10-8-6-4-2/h45,49,54-55,59-60H,3-44,46-48,50-53H2,1-2H3,(H,58,61)/b49-45+. The first-order chi connectivity index (χ1) is 31.0. The van der Waals surface area contributed by atoms with E-state index in [4.69, 9.17) is 4.74 Å². The number of esters is 1. The van der Waals surface area contributed by atoms with E-state index in [9.17, 15) is 19.8 Å². The van der Waals surface area contributed by atoms with Crippen LogP contribution < -0.4 is 5.32 Å². The molecule has 3 N–H and O–H groups in total. The van der Waals surface area contributed by atoms with E-state index >= 15 is 0 Å². The molecule has 0 aliphatic rings. The summed E-state index contributed by atoms with van der Waals surface area (Å²) in [5, 5.41) is 23.1. The lowest BCUT2D eigenvalue weighted by Gasteiger charge is -2.20. The first-order valence-corrected chi connectivity index (χ1v) is 28.5. The molecule has 6 nitrogen and oxygen atoms in total. The molecule has 0 radical (unpaired) electrons. The van der Waals surface area contributed by atoms with Gasteiger partial charge >= 0.3 is 5.97 Å². The van der Waals surface area contributed by atoms with Crippen molar-refractivity contribution in [1.29, 1.82) is 0 Å². The third-order valence-corrected chi connectivity index (χ3v) is 13.3. The van der Waals surface area contributed by atoms with Crippen molar-refractivity contribution >= 4 is 11.9 Å². The molecule has 0 heterocycles. The monoisotopic (exact) mass is 890 g/mol. The van der Waals surface area contributed by atoms with Crippen LogP contribution in [0.1, 0.15) is 316 Å². The van der Waals surface area contributed by atoms with Gasteiger partial charge < -0.3 is 20.3 Å². The van der Waals surface area contributed by atoms with Gasteiger partial charge in [-0.2, -0.15) is 0 Å². The Kier molecular flexibility index (Phi) is 52.0. The van der Waals surface area contributed by atoms with Crippen LogP contribution in [0.15, 0.2) is 12.2 Å². The van der Waals surface area contributed by atoms with Crippen LogP contribution in [0.2, 0.25) is 0 Å². The fourth-order valence-electron chi connectivity index (χ4n) is 8.93. The van der Waals surface area contributed by atoms with Crippen LogP contribution in [0.25, 0.3) is 0 Å². The summed E-state index contributed by atoms with van der Waals surface area (Å²) < 4.78 is 5.46. The van der Waals surface area contributed by atoms with Crippen molar-refractivity contribution in [2.45, 2.75) is 328 Å². The largest absolute Gasteiger partial charge is 0.466 e. The minimum absolute atomic E-state index is 0.00836. The summed E-state index contributed by atoms with van der Waals surface area (Å²) in [5.41, 5.74) is 0. The predicted molar refractivity (Wildman–Crippen MR) is 273 cm³/mol. The highest BCUT2D eigenvalue weighted by molar-refractivity contribution is 5.76. The maximum Gasteiger partial charge on any atom is 0.305 e. The summed E-state index contributed by atoms with van der Waals surface area (Å²) in [7, 11) is 0. The van der Waals surface area contributed by atoms with Crippen molar-refractivity contribution in [3.8, 4) is 0 Å². The molecule has 0 aliphatic carbocycles. The van der Waals surface area contributed by atoms with Crippen molar-refractivity contribution in [3.05, 3.63) is 12.2 Å². The van der Waals surface area contributed by atoms with E-state index in [-0.39, 0.29) is 18.5 Å². The van der Waals surface area contributed by atoms with Crippen molar-refractivity contribution in [1.82, 2.24) is 5.32 Å². The number of nitrogens with one attached hydrogen (secondary N) is 1. The van der Waals surface area contributed by atoms with Gasteiger partial charge in [-0.05, 0) is 32.1 Å². The third-order valence-electron chi connectivity index (χ3n) is 13.3. The Morgan fingerprint density at radius 3 is 1.08 bits per heavy atom. The van der Waals surface area contributed by atoms with E-state index in [0.29, 0.717) is 19.4 Å². The van der Waals surface area contributed by atoms with Gasteiger partial charge in [-0.25, -0.2) is 0 Å².